The molecule has 108 valence electrons. The molecule has 1 fully saturated rings. The van der Waals surface area contributed by atoms with Gasteiger partial charge in [-0.3, -0.25) is 4.79 Å². The van der Waals surface area contributed by atoms with Gasteiger partial charge in [-0.05, 0) is 0 Å². The van der Waals surface area contributed by atoms with Crippen LogP contribution in [0.15, 0.2) is 0 Å². The molecule has 0 unspecified atom stereocenters. The van der Waals surface area contributed by atoms with Crippen LogP contribution in [0.2, 0.25) is 0 Å². The van der Waals surface area contributed by atoms with Crippen LogP contribution in [-0.4, -0.2) is 46.0 Å². The van der Waals surface area contributed by atoms with Gasteiger partial charge in [0.2, 0.25) is 17.7 Å². The van der Waals surface area contributed by atoms with E-state index in [0.29, 0.717) is 31.2 Å². The van der Waals surface area contributed by atoms with Crippen molar-refractivity contribution in [3.8, 4) is 5.88 Å². The van der Waals surface area contributed by atoms with Crippen molar-refractivity contribution in [1.29, 1.82) is 0 Å². The zero-order valence-electron chi connectivity index (χ0n) is 11.1. The third kappa shape index (κ3) is 2.01. The molecule has 0 radical (unpaired) electrons. The molecule has 3 rings (SSSR count). The lowest BCUT2D eigenvalue weighted by molar-refractivity contribution is -0.132. The number of nitrogens with two attached hydrogens (primary N) is 3. The van der Waals surface area contributed by atoms with Gasteiger partial charge in [-0.1, -0.05) is 0 Å². The summed E-state index contributed by atoms with van der Waals surface area (Å²) in [5.41, 5.74) is 17.3. The van der Waals surface area contributed by atoms with Crippen molar-refractivity contribution in [1.82, 2.24) is 14.9 Å². The van der Waals surface area contributed by atoms with Gasteiger partial charge >= 0.3 is 0 Å². The molecular weight excluding hydrogens is 260 g/mol. The molecule has 0 atom stereocenters. The number of piperidine rings is 1. The van der Waals surface area contributed by atoms with Gasteiger partial charge in [0.05, 0.1) is 12.1 Å². The highest BCUT2D eigenvalue weighted by molar-refractivity contribution is 5.78. The largest absolute Gasteiger partial charge is 0.470 e. The Kier molecular flexibility index (Phi) is 2.89. The number of hydrogen-bond acceptors (Lipinski definition) is 7. The summed E-state index contributed by atoms with van der Waals surface area (Å²) in [4.78, 5) is 21.4. The maximum atomic E-state index is 11.6. The highest BCUT2D eigenvalue weighted by atomic mass is 16.5. The fourth-order valence-electron chi connectivity index (χ4n) is 2.88. The van der Waals surface area contributed by atoms with Gasteiger partial charge in [0.25, 0.3) is 0 Å². The van der Waals surface area contributed by atoms with Crippen molar-refractivity contribution in [3.05, 3.63) is 5.56 Å². The predicted molar refractivity (Wildman–Crippen MR) is 72.8 cm³/mol. The first kappa shape index (κ1) is 12.9. The number of anilines is 2. The minimum absolute atomic E-state index is 0.0288. The molecule has 0 bridgehead atoms. The van der Waals surface area contributed by atoms with Gasteiger partial charge in [-0.2, -0.15) is 9.97 Å². The molecule has 0 aliphatic carbocycles. The number of likely N-dealkylation sites (tertiary alicyclic amines) is 1. The lowest BCUT2D eigenvalue weighted by Gasteiger charge is -2.38. The molecule has 0 saturated carbocycles. The van der Waals surface area contributed by atoms with Crippen molar-refractivity contribution in [2.45, 2.75) is 24.9 Å². The number of rotatable bonds is 1. The van der Waals surface area contributed by atoms with E-state index in [0.717, 1.165) is 18.4 Å². The highest BCUT2D eigenvalue weighted by Gasteiger charge is 2.44. The minimum Gasteiger partial charge on any atom is -0.470 e. The standard InChI is InChI=1S/C12H18N6O2/c13-6-8(19)18-3-1-12(2-4-18)5-7-9(14)16-11(15)17-10(7)20-12/h1-6,13H2,(H4,14,15,16,17). The van der Waals surface area contributed by atoms with Gasteiger partial charge in [-0.25, -0.2) is 0 Å². The normalized spacial score (nSPS) is 19.8. The zero-order valence-corrected chi connectivity index (χ0v) is 11.1. The summed E-state index contributed by atoms with van der Waals surface area (Å²) in [5, 5.41) is 0. The van der Waals surface area contributed by atoms with Gasteiger partial charge in [-0.15, -0.1) is 0 Å². The fraction of sp³-hybridized carbons (Fsp3) is 0.583. The van der Waals surface area contributed by atoms with E-state index >= 15 is 0 Å². The molecule has 1 amide bonds. The molecule has 8 nitrogen and oxygen atoms in total. The van der Waals surface area contributed by atoms with Crippen molar-refractivity contribution in [3.63, 3.8) is 0 Å². The molecule has 3 heterocycles. The molecule has 2 aliphatic rings. The van der Waals surface area contributed by atoms with Crippen LogP contribution in [0.1, 0.15) is 18.4 Å². The number of fused-ring (bicyclic) bond motifs is 1. The first-order chi connectivity index (χ1) is 9.53. The lowest BCUT2D eigenvalue weighted by atomic mass is 9.87. The molecule has 0 aromatic carbocycles. The van der Waals surface area contributed by atoms with E-state index in [4.69, 9.17) is 21.9 Å². The monoisotopic (exact) mass is 278 g/mol. The number of nitrogens with zero attached hydrogens (tertiary/aromatic N) is 3. The lowest BCUT2D eigenvalue weighted by Crippen LogP contribution is -2.50. The average Bonchev–Trinajstić information content (AvgIpc) is 2.77. The van der Waals surface area contributed by atoms with Crippen LogP contribution in [0.25, 0.3) is 0 Å². The number of hydrogen-bond donors (Lipinski definition) is 3. The number of amides is 1. The van der Waals surface area contributed by atoms with Crippen molar-refractivity contribution >= 4 is 17.7 Å². The second-order valence-corrected chi connectivity index (χ2v) is 5.30. The number of ether oxygens (including phenoxy) is 1. The quantitative estimate of drug-likeness (QED) is 0.593. The number of carbonyl (C=O) groups excluding carboxylic acids is 1. The Labute approximate surface area is 116 Å². The van der Waals surface area contributed by atoms with E-state index in [9.17, 15) is 4.79 Å². The maximum Gasteiger partial charge on any atom is 0.236 e. The third-order valence-electron chi connectivity index (χ3n) is 4.03. The Hall–Kier alpha value is -2.09. The van der Waals surface area contributed by atoms with Crippen LogP contribution in [-0.2, 0) is 11.2 Å². The van der Waals surface area contributed by atoms with E-state index in [2.05, 4.69) is 9.97 Å². The Morgan fingerprint density at radius 3 is 2.65 bits per heavy atom. The SMILES string of the molecule is NCC(=O)N1CCC2(CC1)Cc1c(N)nc(N)nc1O2. The zero-order chi connectivity index (χ0) is 14.3. The highest BCUT2D eigenvalue weighted by Crippen LogP contribution is 2.41. The topological polar surface area (TPSA) is 133 Å². The summed E-state index contributed by atoms with van der Waals surface area (Å²) in [6, 6.07) is 0. The van der Waals surface area contributed by atoms with Crippen molar-refractivity contribution < 1.29 is 9.53 Å². The Balaban J connectivity index is 1.76. The Morgan fingerprint density at radius 2 is 2.00 bits per heavy atom. The summed E-state index contributed by atoms with van der Waals surface area (Å²) < 4.78 is 5.98. The minimum atomic E-state index is -0.343. The van der Waals surface area contributed by atoms with Crippen LogP contribution in [0.3, 0.4) is 0 Å². The van der Waals surface area contributed by atoms with Crippen LogP contribution < -0.4 is 21.9 Å². The Bertz CT molecular complexity index is 553. The molecule has 6 N–H and O–H groups in total. The second kappa shape index (κ2) is 4.48. The second-order valence-electron chi connectivity index (χ2n) is 5.30. The van der Waals surface area contributed by atoms with E-state index in [1.54, 1.807) is 4.90 Å². The average molecular weight is 278 g/mol. The summed E-state index contributed by atoms with van der Waals surface area (Å²) in [6.07, 6.45) is 2.13. The molecule has 8 heteroatoms. The van der Waals surface area contributed by atoms with E-state index < -0.39 is 0 Å². The molecule has 1 aromatic rings. The third-order valence-corrected chi connectivity index (χ3v) is 4.03. The molecule has 1 spiro atoms. The van der Waals surface area contributed by atoms with Crippen molar-refractivity contribution in [2.75, 3.05) is 31.1 Å². The predicted octanol–water partition coefficient (Wildman–Crippen LogP) is -1.10. The van der Waals surface area contributed by atoms with Crippen LogP contribution in [0, 0.1) is 0 Å². The number of nitrogen functional groups attached to an aromatic ring is 2. The van der Waals surface area contributed by atoms with Crippen molar-refractivity contribution in [2.24, 2.45) is 5.73 Å². The van der Waals surface area contributed by atoms with E-state index in [1.165, 1.54) is 0 Å². The summed E-state index contributed by atoms with van der Waals surface area (Å²) in [5.74, 6) is 0.950. The molecule has 1 aromatic heterocycles. The summed E-state index contributed by atoms with van der Waals surface area (Å²) in [6.45, 7) is 1.31. The van der Waals surface area contributed by atoms with E-state index in [-0.39, 0.29) is 24.0 Å². The van der Waals surface area contributed by atoms with Gasteiger partial charge in [0, 0.05) is 32.4 Å². The summed E-state index contributed by atoms with van der Waals surface area (Å²) >= 11 is 0. The van der Waals surface area contributed by atoms with Gasteiger partial charge < -0.3 is 26.8 Å². The fourth-order valence-corrected chi connectivity index (χ4v) is 2.88. The van der Waals surface area contributed by atoms with Gasteiger partial charge in [0.1, 0.15) is 11.4 Å². The Morgan fingerprint density at radius 1 is 1.30 bits per heavy atom. The molecule has 2 aliphatic heterocycles. The summed E-state index contributed by atoms with van der Waals surface area (Å²) in [7, 11) is 0. The smallest absolute Gasteiger partial charge is 0.236 e. The van der Waals surface area contributed by atoms with Crippen LogP contribution in [0.5, 0.6) is 5.88 Å². The van der Waals surface area contributed by atoms with E-state index in [1.807, 2.05) is 0 Å². The van der Waals surface area contributed by atoms with Crippen LogP contribution >= 0.6 is 0 Å². The number of carbonyl (C=O) groups is 1. The molecule has 1 saturated heterocycles. The van der Waals surface area contributed by atoms with Crippen LogP contribution in [0.4, 0.5) is 11.8 Å². The first-order valence-electron chi connectivity index (χ1n) is 6.62. The molecule has 20 heavy (non-hydrogen) atoms. The number of aromatic nitrogens is 2. The van der Waals surface area contributed by atoms with Gasteiger partial charge in [0.15, 0.2) is 0 Å². The maximum absolute atomic E-state index is 11.6. The molecular formula is C12H18N6O2. The first-order valence-corrected chi connectivity index (χ1v) is 6.62.